The number of nitrogens with zero attached hydrogens (tertiary/aromatic N) is 1. The molecular formula is C15H13NO. The van der Waals surface area contributed by atoms with Crippen molar-refractivity contribution in [2.24, 2.45) is 5.92 Å². The molecule has 1 heterocycles. The number of para-hydroxylation sites is 1. The molecule has 2 nitrogen and oxygen atoms in total. The molecule has 1 saturated carbocycles. The number of hydrogen-bond acceptors (Lipinski definition) is 2. The third-order valence-electron chi connectivity index (χ3n) is 3.06. The fourth-order valence-electron chi connectivity index (χ4n) is 1.97. The number of terminal acetylenes is 1. The van der Waals surface area contributed by atoms with E-state index < -0.39 is 0 Å². The van der Waals surface area contributed by atoms with Crippen molar-refractivity contribution in [3.63, 3.8) is 0 Å². The zero-order chi connectivity index (χ0) is 11.7. The predicted octanol–water partition coefficient (Wildman–Crippen LogP) is 3.03. The van der Waals surface area contributed by atoms with E-state index in [4.69, 9.17) is 11.2 Å². The molecule has 1 unspecified atom stereocenters. The van der Waals surface area contributed by atoms with Crippen LogP contribution in [-0.2, 0) is 0 Å². The molecule has 2 heteroatoms. The largest absolute Gasteiger partial charge is 0.475 e. The predicted molar refractivity (Wildman–Crippen MR) is 67.7 cm³/mol. The SMILES string of the molecule is C#CC(Oc1cccc2cccnc12)C1CC1. The molecule has 2 aromatic rings. The van der Waals surface area contributed by atoms with E-state index in [0.717, 1.165) is 16.7 Å². The monoisotopic (exact) mass is 223 g/mol. The molecule has 1 aromatic carbocycles. The Bertz CT molecular complexity index is 575. The summed E-state index contributed by atoms with van der Waals surface area (Å²) in [4.78, 5) is 4.35. The van der Waals surface area contributed by atoms with Crippen LogP contribution in [0.2, 0.25) is 0 Å². The first-order valence-corrected chi connectivity index (χ1v) is 5.85. The van der Waals surface area contributed by atoms with E-state index in [-0.39, 0.29) is 6.10 Å². The summed E-state index contributed by atoms with van der Waals surface area (Å²) in [6, 6.07) is 9.88. The van der Waals surface area contributed by atoms with E-state index in [9.17, 15) is 0 Å². The molecule has 1 aliphatic rings. The number of ether oxygens (including phenoxy) is 1. The molecule has 0 amide bonds. The van der Waals surface area contributed by atoms with Crippen molar-refractivity contribution in [3.8, 4) is 18.1 Å². The summed E-state index contributed by atoms with van der Waals surface area (Å²) >= 11 is 0. The van der Waals surface area contributed by atoms with Crippen LogP contribution in [0.3, 0.4) is 0 Å². The number of rotatable bonds is 3. The number of fused-ring (bicyclic) bond motifs is 1. The molecule has 84 valence electrons. The lowest BCUT2D eigenvalue weighted by Gasteiger charge is -2.14. The summed E-state index contributed by atoms with van der Waals surface area (Å²) < 4.78 is 5.90. The van der Waals surface area contributed by atoms with Gasteiger partial charge in [-0.3, -0.25) is 4.98 Å². The molecule has 1 fully saturated rings. The van der Waals surface area contributed by atoms with Gasteiger partial charge in [0.15, 0.2) is 6.10 Å². The Labute approximate surface area is 101 Å². The van der Waals surface area contributed by atoms with Gasteiger partial charge in [-0.05, 0) is 25.0 Å². The molecule has 17 heavy (non-hydrogen) atoms. The van der Waals surface area contributed by atoms with Gasteiger partial charge in [-0.15, -0.1) is 6.42 Å². The van der Waals surface area contributed by atoms with E-state index in [1.54, 1.807) is 6.20 Å². The molecule has 0 aliphatic heterocycles. The zero-order valence-electron chi connectivity index (χ0n) is 9.47. The molecule has 0 radical (unpaired) electrons. The molecule has 0 saturated heterocycles. The van der Waals surface area contributed by atoms with E-state index in [1.165, 1.54) is 12.8 Å². The highest BCUT2D eigenvalue weighted by molar-refractivity contribution is 5.84. The average molecular weight is 223 g/mol. The summed E-state index contributed by atoms with van der Waals surface area (Å²) in [5, 5.41) is 1.08. The fraction of sp³-hybridized carbons (Fsp3) is 0.267. The van der Waals surface area contributed by atoms with Gasteiger partial charge in [-0.25, -0.2) is 0 Å². The third-order valence-corrected chi connectivity index (χ3v) is 3.06. The fourth-order valence-corrected chi connectivity index (χ4v) is 1.97. The maximum atomic E-state index is 5.90. The van der Waals surface area contributed by atoms with Crippen LogP contribution in [0.1, 0.15) is 12.8 Å². The molecule has 1 aromatic heterocycles. The van der Waals surface area contributed by atoms with Gasteiger partial charge in [-0.2, -0.15) is 0 Å². The van der Waals surface area contributed by atoms with Crippen LogP contribution in [0, 0.1) is 18.3 Å². The summed E-state index contributed by atoms with van der Waals surface area (Å²) in [6.45, 7) is 0. The highest BCUT2D eigenvalue weighted by atomic mass is 16.5. The minimum Gasteiger partial charge on any atom is -0.475 e. The van der Waals surface area contributed by atoms with E-state index in [1.807, 2.05) is 30.3 Å². The molecule has 0 bridgehead atoms. The number of hydrogen-bond donors (Lipinski definition) is 0. The number of benzene rings is 1. The van der Waals surface area contributed by atoms with Crippen molar-refractivity contribution in [2.45, 2.75) is 18.9 Å². The van der Waals surface area contributed by atoms with Crippen LogP contribution in [0.25, 0.3) is 10.9 Å². The lowest BCUT2D eigenvalue weighted by Crippen LogP contribution is -2.16. The number of aromatic nitrogens is 1. The summed E-state index contributed by atoms with van der Waals surface area (Å²) in [5.41, 5.74) is 0.885. The second kappa shape index (κ2) is 4.10. The second-order valence-electron chi connectivity index (χ2n) is 4.37. The van der Waals surface area contributed by atoms with Crippen LogP contribution in [0.4, 0.5) is 0 Å². The molecule has 1 atom stereocenters. The molecule has 1 aliphatic carbocycles. The minimum atomic E-state index is -0.109. The van der Waals surface area contributed by atoms with Gasteiger partial charge in [-0.1, -0.05) is 24.1 Å². The van der Waals surface area contributed by atoms with Gasteiger partial charge in [0.2, 0.25) is 0 Å². The van der Waals surface area contributed by atoms with E-state index >= 15 is 0 Å². The van der Waals surface area contributed by atoms with E-state index in [0.29, 0.717) is 5.92 Å². The standard InChI is InChI=1S/C15H13NO/c1-2-13(11-8-9-11)17-14-7-3-5-12-6-4-10-16-15(12)14/h1,3-7,10-11,13H,8-9H2. The Morgan fingerprint density at radius 3 is 2.88 bits per heavy atom. The van der Waals surface area contributed by atoms with Gasteiger partial charge in [0, 0.05) is 17.5 Å². The maximum Gasteiger partial charge on any atom is 0.161 e. The third kappa shape index (κ3) is 1.97. The van der Waals surface area contributed by atoms with Gasteiger partial charge in [0.05, 0.1) is 0 Å². The Morgan fingerprint density at radius 1 is 1.29 bits per heavy atom. The molecule has 3 rings (SSSR count). The second-order valence-corrected chi connectivity index (χ2v) is 4.37. The first-order chi connectivity index (χ1) is 8.38. The molecular weight excluding hydrogens is 210 g/mol. The lowest BCUT2D eigenvalue weighted by molar-refractivity contribution is 0.238. The van der Waals surface area contributed by atoms with Crippen molar-refractivity contribution in [2.75, 3.05) is 0 Å². The topological polar surface area (TPSA) is 22.1 Å². The maximum absolute atomic E-state index is 5.90. The van der Waals surface area contributed by atoms with Gasteiger partial charge in [0.1, 0.15) is 11.3 Å². The Kier molecular flexibility index (Phi) is 2.45. The van der Waals surface area contributed by atoms with E-state index in [2.05, 4.69) is 10.9 Å². The summed E-state index contributed by atoms with van der Waals surface area (Å²) in [7, 11) is 0. The Balaban J connectivity index is 1.97. The van der Waals surface area contributed by atoms with Gasteiger partial charge < -0.3 is 4.74 Å². The first-order valence-electron chi connectivity index (χ1n) is 5.85. The summed E-state index contributed by atoms with van der Waals surface area (Å²) in [5.74, 6) is 4.04. The number of pyridine rings is 1. The quantitative estimate of drug-likeness (QED) is 0.746. The lowest BCUT2D eigenvalue weighted by atomic mass is 10.2. The van der Waals surface area contributed by atoms with Crippen molar-refractivity contribution < 1.29 is 4.74 Å². The highest BCUT2D eigenvalue weighted by Crippen LogP contribution is 2.35. The summed E-state index contributed by atoms with van der Waals surface area (Å²) in [6.07, 6.45) is 9.52. The van der Waals surface area contributed by atoms with Gasteiger partial charge >= 0.3 is 0 Å². The Morgan fingerprint density at radius 2 is 2.12 bits per heavy atom. The van der Waals surface area contributed by atoms with Crippen LogP contribution in [-0.4, -0.2) is 11.1 Å². The normalized spacial score (nSPS) is 16.4. The average Bonchev–Trinajstić information content (AvgIpc) is 3.20. The van der Waals surface area contributed by atoms with Crippen LogP contribution < -0.4 is 4.74 Å². The van der Waals surface area contributed by atoms with Crippen molar-refractivity contribution in [3.05, 3.63) is 36.5 Å². The smallest absolute Gasteiger partial charge is 0.161 e. The van der Waals surface area contributed by atoms with Crippen molar-refractivity contribution in [1.82, 2.24) is 4.98 Å². The van der Waals surface area contributed by atoms with Crippen molar-refractivity contribution >= 4 is 10.9 Å². The minimum absolute atomic E-state index is 0.109. The highest BCUT2D eigenvalue weighted by Gasteiger charge is 2.31. The van der Waals surface area contributed by atoms with Gasteiger partial charge in [0.25, 0.3) is 0 Å². The molecule has 0 spiro atoms. The zero-order valence-corrected chi connectivity index (χ0v) is 9.47. The molecule has 0 N–H and O–H groups in total. The first kappa shape index (κ1) is 10.2. The van der Waals surface area contributed by atoms with Crippen LogP contribution >= 0.6 is 0 Å². The van der Waals surface area contributed by atoms with Crippen LogP contribution in [0.5, 0.6) is 5.75 Å². The Hall–Kier alpha value is -2.01. The van der Waals surface area contributed by atoms with Crippen molar-refractivity contribution in [1.29, 1.82) is 0 Å². The van der Waals surface area contributed by atoms with Crippen LogP contribution in [0.15, 0.2) is 36.5 Å².